The lowest BCUT2D eigenvalue weighted by atomic mass is 10.3. The van der Waals surface area contributed by atoms with Crippen molar-refractivity contribution in [2.45, 2.75) is 51.1 Å². The van der Waals surface area contributed by atoms with E-state index in [-0.39, 0.29) is 26.4 Å². The average molecular weight is 468 g/mol. The predicted molar refractivity (Wildman–Crippen MR) is 118 cm³/mol. The lowest BCUT2D eigenvalue weighted by Crippen LogP contribution is -2.33. The molecule has 0 radical (unpaired) electrons. The van der Waals surface area contributed by atoms with Crippen LogP contribution in [0.4, 0.5) is 0 Å². The van der Waals surface area contributed by atoms with Gasteiger partial charge in [-0.05, 0) is 65.0 Å². The molecule has 11 heteroatoms. The molecule has 1 rings (SSSR count). The highest BCUT2D eigenvalue weighted by molar-refractivity contribution is 7.99. The zero-order valence-electron chi connectivity index (χ0n) is 17.7. The van der Waals surface area contributed by atoms with Crippen LogP contribution in [0.15, 0.2) is 29.4 Å². The van der Waals surface area contributed by atoms with Gasteiger partial charge in [-0.1, -0.05) is 6.07 Å². The third kappa shape index (κ3) is 9.19. The number of hydrogen-bond acceptors (Lipinski definition) is 9. The van der Waals surface area contributed by atoms with Crippen LogP contribution in [-0.4, -0.2) is 49.2 Å². The second-order valence-corrected chi connectivity index (χ2v) is 11.5. The van der Waals surface area contributed by atoms with Crippen LogP contribution < -0.4 is 5.32 Å². The number of nitrogens with zero attached hydrogens (tertiary/aromatic N) is 1. The molecular formula is C18H34N2O6P2S. The number of nitrogens with one attached hydrogen (secondary N) is 1. The molecule has 1 aromatic rings. The number of thioether (sulfide) groups is 1. The summed E-state index contributed by atoms with van der Waals surface area (Å²) < 4.78 is 48.5. The molecule has 0 spiro atoms. The summed E-state index contributed by atoms with van der Waals surface area (Å²) in [5.41, 5.74) is -1.17. The number of unbranched alkanes of at least 4 members (excludes halogenated alkanes) is 1. The minimum absolute atomic E-state index is 0.161. The van der Waals surface area contributed by atoms with E-state index in [2.05, 4.69) is 10.3 Å². The third-order valence-corrected chi connectivity index (χ3v) is 10.4. The van der Waals surface area contributed by atoms with E-state index in [1.165, 1.54) is 0 Å². The zero-order valence-corrected chi connectivity index (χ0v) is 20.3. The Hall–Kier alpha value is -0.240. The molecule has 0 aliphatic rings. The summed E-state index contributed by atoms with van der Waals surface area (Å²) in [6, 6.07) is 5.82. The Morgan fingerprint density at radius 2 is 1.48 bits per heavy atom. The summed E-state index contributed by atoms with van der Waals surface area (Å²) in [6.07, 6.45) is 3.46. The molecule has 29 heavy (non-hydrogen) atoms. The van der Waals surface area contributed by atoms with E-state index in [1.54, 1.807) is 45.7 Å². The van der Waals surface area contributed by atoms with E-state index < -0.39 is 20.7 Å². The molecule has 1 aromatic heterocycles. The van der Waals surface area contributed by atoms with Gasteiger partial charge in [-0.15, -0.1) is 11.8 Å². The number of aromatic nitrogens is 1. The van der Waals surface area contributed by atoms with Gasteiger partial charge in [0.1, 0.15) is 0 Å². The monoisotopic (exact) mass is 468 g/mol. The number of rotatable bonds is 17. The normalized spacial score (nSPS) is 12.6. The molecule has 0 saturated heterocycles. The first kappa shape index (κ1) is 26.8. The maximum atomic E-state index is 13.4. The van der Waals surface area contributed by atoms with Gasteiger partial charge in [0, 0.05) is 6.20 Å². The molecule has 0 unspecified atom stereocenters. The van der Waals surface area contributed by atoms with Gasteiger partial charge < -0.3 is 18.1 Å². The summed E-state index contributed by atoms with van der Waals surface area (Å²) in [5, 5.41) is 4.07. The Kier molecular flexibility index (Phi) is 13.6. The molecule has 0 amide bonds. The second kappa shape index (κ2) is 14.7. The fourth-order valence-electron chi connectivity index (χ4n) is 2.54. The Labute approximate surface area is 178 Å². The van der Waals surface area contributed by atoms with E-state index in [0.717, 1.165) is 23.6 Å². The summed E-state index contributed by atoms with van der Waals surface area (Å²) in [4.78, 5) is 4.28. The minimum Gasteiger partial charge on any atom is -0.307 e. The van der Waals surface area contributed by atoms with Crippen molar-refractivity contribution >= 4 is 27.0 Å². The predicted octanol–water partition coefficient (Wildman–Crippen LogP) is 5.36. The molecule has 0 atom stereocenters. The van der Waals surface area contributed by atoms with E-state index in [0.29, 0.717) is 6.54 Å². The van der Waals surface area contributed by atoms with Gasteiger partial charge >= 0.3 is 15.2 Å². The maximum Gasteiger partial charge on any atom is 0.359 e. The van der Waals surface area contributed by atoms with E-state index >= 15 is 0 Å². The molecule has 0 aliphatic heterocycles. The van der Waals surface area contributed by atoms with E-state index in [1.807, 2.05) is 18.2 Å². The third-order valence-electron chi connectivity index (χ3n) is 3.62. The molecule has 1 heterocycles. The van der Waals surface area contributed by atoms with Crippen molar-refractivity contribution in [1.82, 2.24) is 10.3 Å². The first-order valence-electron chi connectivity index (χ1n) is 10.0. The largest absolute Gasteiger partial charge is 0.359 e. The SMILES string of the molecule is CCOP(=O)(OCC)C(NCCCCSc1ccccn1)P(=O)(OCC)OCC. The maximum absolute atomic E-state index is 13.4. The summed E-state index contributed by atoms with van der Waals surface area (Å²) in [6.45, 7) is 7.97. The lowest BCUT2D eigenvalue weighted by molar-refractivity contribution is 0.190. The van der Waals surface area contributed by atoms with Gasteiger partial charge in [0.05, 0.1) is 31.5 Å². The molecule has 0 saturated carbocycles. The van der Waals surface area contributed by atoms with Crippen molar-refractivity contribution in [3.05, 3.63) is 24.4 Å². The molecular weight excluding hydrogens is 434 g/mol. The Morgan fingerprint density at radius 3 is 1.93 bits per heavy atom. The average Bonchev–Trinajstić information content (AvgIpc) is 2.68. The highest BCUT2D eigenvalue weighted by Crippen LogP contribution is 2.69. The van der Waals surface area contributed by atoms with E-state index in [4.69, 9.17) is 18.1 Å². The number of hydrogen-bond donors (Lipinski definition) is 1. The van der Waals surface area contributed by atoms with Crippen LogP contribution in [0.2, 0.25) is 0 Å². The topological polar surface area (TPSA) is 96.0 Å². The molecule has 0 aliphatic carbocycles. The fourth-order valence-corrected chi connectivity index (χ4v) is 8.45. The van der Waals surface area contributed by atoms with E-state index in [9.17, 15) is 9.13 Å². The second-order valence-electron chi connectivity index (χ2n) is 5.80. The highest BCUT2D eigenvalue weighted by atomic mass is 32.2. The van der Waals surface area contributed by atoms with Crippen LogP contribution in [0.3, 0.4) is 0 Å². The van der Waals surface area contributed by atoms with Crippen LogP contribution in [0.1, 0.15) is 40.5 Å². The highest BCUT2D eigenvalue weighted by Gasteiger charge is 2.50. The van der Waals surface area contributed by atoms with Gasteiger partial charge in [-0.2, -0.15) is 0 Å². The van der Waals surface area contributed by atoms with Crippen molar-refractivity contribution in [2.75, 3.05) is 38.7 Å². The zero-order chi connectivity index (χ0) is 21.6. The van der Waals surface area contributed by atoms with Crippen molar-refractivity contribution in [3.8, 4) is 0 Å². The van der Waals surface area contributed by atoms with Gasteiger partial charge in [0.15, 0.2) is 0 Å². The minimum atomic E-state index is -3.75. The van der Waals surface area contributed by atoms with Crippen LogP contribution in [0, 0.1) is 0 Å². The molecule has 0 aromatic carbocycles. The van der Waals surface area contributed by atoms with Crippen LogP contribution in [-0.2, 0) is 27.2 Å². The van der Waals surface area contributed by atoms with Crippen molar-refractivity contribution < 1.29 is 27.2 Å². The lowest BCUT2D eigenvalue weighted by Gasteiger charge is -2.31. The summed E-state index contributed by atoms with van der Waals surface area (Å²) in [5.74, 6) is 0.895. The van der Waals surface area contributed by atoms with Gasteiger partial charge in [0.25, 0.3) is 0 Å². The first-order valence-corrected chi connectivity index (χ1v) is 14.2. The van der Waals surface area contributed by atoms with Crippen molar-refractivity contribution in [1.29, 1.82) is 0 Å². The van der Waals surface area contributed by atoms with Crippen LogP contribution in [0.25, 0.3) is 0 Å². The van der Waals surface area contributed by atoms with Crippen LogP contribution >= 0.6 is 27.0 Å². The summed E-state index contributed by atoms with van der Waals surface area (Å²) >= 11 is 1.68. The van der Waals surface area contributed by atoms with Crippen molar-refractivity contribution in [2.24, 2.45) is 0 Å². The fraction of sp³-hybridized carbons (Fsp3) is 0.722. The van der Waals surface area contributed by atoms with Gasteiger partial charge in [-0.3, -0.25) is 14.4 Å². The quantitative estimate of drug-likeness (QED) is 0.184. The van der Waals surface area contributed by atoms with Crippen LogP contribution in [0.5, 0.6) is 0 Å². The summed E-state index contributed by atoms with van der Waals surface area (Å²) in [7, 11) is -7.51. The van der Waals surface area contributed by atoms with Crippen molar-refractivity contribution in [3.63, 3.8) is 0 Å². The molecule has 1 N–H and O–H groups in total. The number of pyridine rings is 1. The van der Waals surface area contributed by atoms with Gasteiger partial charge in [0.2, 0.25) is 5.52 Å². The first-order chi connectivity index (χ1) is 14.0. The Bertz CT molecular complexity index is 602. The smallest absolute Gasteiger partial charge is 0.307 e. The van der Waals surface area contributed by atoms with Gasteiger partial charge in [-0.25, -0.2) is 4.98 Å². The molecule has 8 nitrogen and oxygen atoms in total. The molecule has 168 valence electrons. The molecule has 0 fully saturated rings. The Balaban J connectivity index is 2.75. The molecule has 0 bridgehead atoms. The Morgan fingerprint density at radius 1 is 0.931 bits per heavy atom. The standard InChI is InChI=1S/C18H34N2O6P2S/c1-5-23-27(21,24-6-2)18(28(22,25-7-3)26-8-4)20-15-11-12-16-29-17-13-9-10-14-19-17/h9-10,13-14,18,20H,5-8,11-12,15-16H2,1-4H3.